The van der Waals surface area contributed by atoms with Crippen molar-refractivity contribution in [3.63, 3.8) is 0 Å². The smallest absolute Gasteiger partial charge is 0.326 e. The molecule has 0 saturated carbocycles. The van der Waals surface area contributed by atoms with Gasteiger partial charge in [-0.05, 0) is 11.5 Å². The number of rotatable bonds is 4. The monoisotopic (exact) mass is 258 g/mol. The predicted molar refractivity (Wildman–Crippen MR) is 70.7 cm³/mol. The first-order valence-electron chi connectivity index (χ1n) is 5.90. The van der Waals surface area contributed by atoms with Gasteiger partial charge in [0.15, 0.2) is 0 Å². The van der Waals surface area contributed by atoms with Gasteiger partial charge in [0, 0.05) is 24.9 Å². The van der Waals surface area contributed by atoms with E-state index in [1.807, 2.05) is 30.3 Å². The highest BCUT2D eigenvalue weighted by atomic mass is 16.4. The number of pyridine rings is 1. The van der Waals surface area contributed by atoms with Crippen molar-refractivity contribution in [3.8, 4) is 0 Å². The molecule has 2 rings (SSSR count). The van der Waals surface area contributed by atoms with E-state index in [9.17, 15) is 9.59 Å². The molecule has 1 aromatic carbocycles. The predicted octanol–water partition coefficient (Wildman–Crippen LogP) is 1.37. The molecule has 5 nitrogen and oxygen atoms in total. The lowest BCUT2D eigenvalue weighted by molar-refractivity contribution is -0.141. The van der Waals surface area contributed by atoms with E-state index in [4.69, 9.17) is 5.11 Å². The Hall–Kier alpha value is -2.43. The highest BCUT2D eigenvalue weighted by Crippen LogP contribution is 2.17. The Bertz CT molecular complexity index is 620. The summed E-state index contributed by atoms with van der Waals surface area (Å²) in [7, 11) is 0. The molecule has 0 radical (unpaired) electrons. The van der Waals surface area contributed by atoms with Crippen molar-refractivity contribution >= 4 is 22.6 Å². The van der Waals surface area contributed by atoms with Crippen molar-refractivity contribution in [2.24, 2.45) is 0 Å². The van der Waals surface area contributed by atoms with E-state index in [2.05, 4.69) is 10.3 Å². The van der Waals surface area contributed by atoms with Gasteiger partial charge in [-0.3, -0.25) is 9.78 Å². The van der Waals surface area contributed by atoms with Crippen LogP contribution >= 0.6 is 0 Å². The molecular formula is C14H14N2O3. The van der Waals surface area contributed by atoms with Gasteiger partial charge in [-0.1, -0.05) is 24.3 Å². The van der Waals surface area contributed by atoms with Crippen LogP contribution in [0.5, 0.6) is 0 Å². The van der Waals surface area contributed by atoms with Crippen LogP contribution in [0.3, 0.4) is 0 Å². The fourth-order valence-corrected chi connectivity index (χ4v) is 1.98. The first kappa shape index (κ1) is 13.0. The number of carboxylic acid groups (broad SMARTS) is 1. The topological polar surface area (TPSA) is 79.3 Å². The van der Waals surface area contributed by atoms with Gasteiger partial charge in [0.05, 0.1) is 5.69 Å². The highest BCUT2D eigenvalue weighted by Gasteiger charge is 2.20. The molecule has 0 aliphatic rings. The number of aliphatic carboxylic acids is 1. The third kappa shape index (κ3) is 3.07. The molecule has 1 unspecified atom stereocenters. The van der Waals surface area contributed by atoms with Crippen LogP contribution in [0.4, 0.5) is 0 Å². The molecule has 2 N–H and O–H groups in total. The van der Waals surface area contributed by atoms with Crippen LogP contribution in [0, 0.1) is 0 Å². The maximum absolute atomic E-state index is 11.1. The Kier molecular flexibility index (Phi) is 3.75. The van der Waals surface area contributed by atoms with E-state index in [-0.39, 0.29) is 12.3 Å². The Morgan fingerprint density at radius 3 is 2.74 bits per heavy atom. The summed E-state index contributed by atoms with van der Waals surface area (Å²) in [6, 6.07) is 8.53. The molecule has 1 aromatic heterocycles. The zero-order valence-electron chi connectivity index (χ0n) is 10.5. The van der Waals surface area contributed by atoms with Crippen LogP contribution in [0.1, 0.15) is 12.6 Å². The second-order valence-corrected chi connectivity index (χ2v) is 4.27. The van der Waals surface area contributed by atoms with Crippen molar-refractivity contribution in [2.45, 2.75) is 19.4 Å². The quantitative estimate of drug-likeness (QED) is 0.868. The zero-order chi connectivity index (χ0) is 13.8. The summed E-state index contributed by atoms with van der Waals surface area (Å²) in [5.74, 6) is -1.43. The molecule has 1 amide bonds. The van der Waals surface area contributed by atoms with Gasteiger partial charge < -0.3 is 10.4 Å². The number of carbonyl (C=O) groups excluding carboxylic acids is 1. The number of nitrogens with one attached hydrogen (secondary N) is 1. The summed E-state index contributed by atoms with van der Waals surface area (Å²) in [5.41, 5.74) is 0.666. The summed E-state index contributed by atoms with van der Waals surface area (Å²) in [6.45, 7) is 1.30. The molecule has 19 heavy (non-hydrogen) atoms. The number of carbonyl (C=O) groups is 2. The Morgan fingerprint density at radius 1 is 1.32 bits per heavy atom. The normalized spacial score (nSPS) is 12.1. The molecule has 0 bridgehead atoms. The minimum absolute atomic E-state index is 0.163. The van der Waals surface area contributed by atoms with E-state index in [1.54, 1.807) is 6.20 Å². The maximum atomic E-state index is 11.1. The van der Waals surface area contributed by atoms with Crippen molar-refractivity contribution in [1.29, 1.82) is 0 Å². The molecular weight excluding hydrogens is 244 g/mol. The number of hydrogen-bond acceptors (Lipinski definition) is 3. The van der Waals surface area contributed by atoms with E-state index in [0.717, 1.165) is 10.8 Å². The summed E-state index contributed by atoms with van der Waals surface area (Å²) in [4.78, 5) is 26.4. The van der Waals surface area contributed by atoms with Crippen LogP contribution in [-0.2, 0) is 16.0 Å². The SMILES string of the molecule is CC(=O)NC(Cc1nccc2ccccc12)C(=O)O. The van der Waals surface area contributed by atoms with E-state index >= 15 is 0 Å². The fourth-order valence-electron chi connectivity index (χ4n) is 1.98. The van der Waals surface area contributed by atoms with Crippen molar-refractivity contribution in [3.05, 3.63) is 42.2 Å². The summed E-state index contributed by atoms with van der Waals surface area (Å²) >= 11 is 0. The summed E-state index contributed by atoms with van der Waals surface area (Å²) < 4.78 is 0. The minimum atomic E-state index is -1.06. The van der Waals surface area contributed by atoms with E-state index in [0.29, 0.717) is 5.69 Å². The molecule has 5 heteroatoms. The lowest BCUT2D eigenvalue weighted by Gasteiger charge is -2.13. The first-order chi connectivity index (χ1) is 9.08. The molecule has 1 atom stereocenters. The number of nitrogens with zero attached hydrogens (tertiary/aromatic N) is 1. The van der Waals surface area contributed by atoms with Crippen LogP contribution in [-0.4, -0.2) is 28.0 Å². The van der Waals surface area contributed by atoms with Crippen LogP contribution in [0.2, 0.25) is 0 Å². The first-order valence-corrected chi connectivity index (χ1v) is 5.90. The molecule has 98 valence electrons. The number of carboxylic acids is 1. The molecule has 2 aromatic rings. The average Bonchev–Trinajstić information content (AvgIpc) is 2.37. The van der Waals surface area contributed by atoms with Gasteiger partial charge in [0.1, 0.15) is 6.04 Å². The molecule has 0 fully saturated rings. The number of fused-ring (bicyclic) bond motifs is 1. The van der Waals surface area contributed by atoms with Crippen molar-refractivity contribution < 1.29 is 14.7 Å². The van der Waals surface area contributed by atoms with Gasteiger partial charge in [-0.25, -0.2) is 4.79 Å². The van der Waals surface area contributed by atoms with Gasteiger partial charge in [0.2, 0.25) is 5.91 Å². The van der Waals surface area contributed by atoms with Gasteiger partial charge in [-0.2, -0.15) is 0 Å². The Balaban J connectivity index is 2.33. The second kappa shape index (κ2) is 5.48. The molecule has 0 spiro atoms. The van der Waals surface area contributed by atoms with Crippen LogP contribution in [0.25, 0.3) is 10.8 Å². The van der Waals surface area contributed by atoms with E-state index in [1.165, 1.54) is 6.92 Å². The summed E-state index contributed by atoms with van der Waals surface area (Å²) in [5, 5.41) is 13.4. The van der Waals surface area contributed by atoms with Crippen LogP contribution < -0.4 is 5.32 Å². The molecule has 0 saturated heterocycles. The maximum Gasteiger partial charge on any atom is 0.326 e. The van der Waals surface area contributed by atoms with Crippen molar-refractivity contribution in [2.75, 3.05) is 0 Å². The van der Waals surface area contributed by atoms with Gasteiger partial charge in [-0.15, -0.1) is 0 Å². The van der Waals surface area contributed by atoms with Crippen LogP contribution in [0.15, 0.2) is 36.5 Å². The van der Waals surface area contributed by atoms with Gasteiger partial charge >= 0.3 is 5.97 Å². The largest absolute Gasteiger partial charge is 0.480 e. The Morgan fingerprint density at radius 2 is 2.05 bits per heavy atom. The number of benzene rings is 1. The fraction of sp³-hybridized carbons (Fsp3) is 0.214. The number of amides is 1. The lowest BCUT2D eigenvalue weighted by atomic mass is 10.0. The minimum Gasteiger partial charge on any atom is -0.480 e. The lowest BCUT2D eigenvalue weighted by Crippen LogP contribution is -2.41. The standard InChI is InChI=1S/C14H14N2O3/c1-9(17)16-13(14(18)19)8-12-11-5-3-2-4-10(11)6-7-15-12/h2-7,13H,8H2,1H3,(H,16,17)(H,18,19). The van der Waals surface area contributed by atoms with Crippen molar-refractivity contribution in [1.82, 2.24) is 10.3 Å². The molecule has 1 heterocycles. The molecule has 0 aliphatic carbocycles. The highest BCUT2D eigenvalue weighted by molar-refractivity contribution is 5.86. The summed E-state index contributed by atoms with van der Waals surface area (Å²) in [6.07, 6.45) is 1.81. The molecule has 0 aliphatic heterocycles. The Labute approximate surface area is 110 Å². The second-order valence-electron chi connectivity index (χ2n) is 4.27. The average molecular weight is 258 g/mol. The number of hydrogen-bond donors (Lipinski definition) is 2. The van der Waals surface area contributed by atoms with Gasteiger partial charge in [0.25, 0.3) is 0 Å². The van der Waals surface area contributed by atoms with E-state index < -0.39 is 12.0 Å². The number of aromatic nitrogens is 1. The third-order valence-corrected chi connectivity index (χ3v) is 2.83. The zero-order valence-corrected chi connectivity index (χ0v) is 10.5. The third-order valence-electron chi connectivity index (χ3n) is 2.83.